The number of halogens is 1. The van der Waals surface area contributed by atoms with E-state index in [2.05, 4.69) is 10.3 Å². The number of hydrogen-bond acceptors (Lipinski definition) is 6. The van der Waals surface area contributed by atoms with Crippen LogP contribution in [0.2, 0.25) is 5.02 Å². The average molecular weight is 492 g/mol. The van der Waals surface area contributed by atoms with E-state index < -0.39 is 11.7 Å². The van der Waals surface area contributed by atoms with E-state index in [9.17, 15) is 9.59 Å². The van der Waals surface area contributed by atoms with E-state index >= 15 is 0 Å². The molecule has 1 N–H and O–H groups in total. The van der Waals surface area contributed by atoms with Crippen molar-refractivity contribution in [1.82, 2.24) is 9.88 Å². The number of pyridine rings is 1. The molecule has 0 saturated heterocycles. The fourth-order valence-corrected chi connectivity index (χ4v) is 3.33. The van der Waals surface area contributed by atoms with Crippen LogP contribution in [0.25, 0.3) is 0 Å². The lowest BCUT2D eigenvalue weighted by molar-refractivity contribution is 0.0626. The fourth-order valence-electron chi connectivity index (χ4n) is 3.11. The fraction of sp³-hybridized carbons (Fsp3) is 0.480. The van der Waals surface area contributed by atoms with Gasteiger partial charge < -0.3 is 19.1 Å². The number of carbonyl (C=O) groups excluding carboxylic acids is 2. The Kier molecular flexibility index (Phi) is 10.1. The van der Waals surface area contributed by atoms with E-state index in [0.717, 1.165) is 5.69 Å². The van der Waals surface area contributed by atoms with Crippen LogP contribution in [0, 0.1) is 0 Å². The van der Waals surface area contributed by atoms with Crippen LogP contribution in [0.1, 0.15) is 50.7 Å². The Bertz CT molecular complexity index is 975. The molecule has 34 heavy (non-hydrogen) atoms. The van der Waals surface area contributed by atoms with E-state index in [0.29, 0.717) is 48.2 Å². The zero-order valence-corrected chi connectivity index (χ0v) is 21.4. The average Bonchev–Trinajstić information content (AvgIpc) is 2.72. The largest absolute Gasteiger partial charge is 0.493 e. The number of benzene rings is 1. The predicted molar refractivity (Wildman–Crippen MR) is 133 cm³/mol. The van der Waals surface area contributed by atoms with E-state index in [1.807, 2.05) is 13.8 Å². The third-order valence-corrected chi connectivity index (χ3v) is 4.85. The molecule has 0 radical (unpaired) electrons. The van der Waals surface area contributed by atoms with E-state index in [1.54, 1.807) is 69.3 Å². The van der Waals surface area contributed by atoms with Crippen molar-refractivity contribution in [2.75, 3.05) is 32.2 Å². The Balaban J connectivity index is 2.01. The van der Waals surface area contributed by atoms with Crippen molar-refractivity contribution in [3.8, 4) is 5.75 Å². The maximum absolute atomic E-state index is 13.0. The maximum Gasteiger partial charge on any atom is 0.412 e. The van der Waals surface area contributed by atoms with Gasteiger partial charge in [0.05, 0.1) is 13.2 Å². The number of nitrogens with one attached hydrogen (secondary N) is 1. The highest BCUT2D eigenvalue weighted by Gasteiger charge is 2.20. The number of aromatic nitrogens is 1. The standard InChI is InChI=1S/C25H34ClN3O5/c1-17(2)29(10-12-32-6)23(30)18-13-19(26)15-22(14-18)33-11-8-20-16-21(7-9-27-20)28-24(31)34-25(3,4)5/h7,9,13-17H,8,10-12H2,1-6H3,(H,27,28,31). The summed E-state index contributed by atoms with van der Waals surface area (Å²) in [5.74, 6) is 0.358. The van der Waals surface area contributed by atoms with Gasteiger partial charge in [0.25, 0.3) is 5.91 Å². The third kappa shape index (κ3) is 9.19. The molecule has 0 saturated carbocycles. The summed E-state index contributed by atoms with van der Waals surface area (Å²) in [6, 6.07) is 8.44. The SMILES string of the molecule is COCCN(C(=O)c1cc(Cl)cc(OCCc2cc(NC(=O)OC(C)(C)C)ccn2)c1)C(C)C. The van der Waals surface area contributed by atoms with E-state index in [1.165, 1.54) is 0 Å². The van der Waals surface area contributed by atoms with Crippen LogP contribution < -0.4 is 10.1 Å². The normalized spacial score (nSPS) is 11.3. The molecule has 0 atom stereocenters. The molecule has 8 nitrogen and oxygen atoms in total. The minimum Gasteiger partial charge on any atom is -0.493 e. The quantitative estimate of drug-likeness (QED) is 0.491. The highest BCUT2D eigenvalue weighted by Crippen LogP contribution is 2.23. The van der Waals surface area contributed by atoms with Gasteiger partial charge in [-0.05, 0) is 65.0 Å². The first-order valence-electron chi connectivity index (χ1n) is 11.2. The maximum atomic E-state index is 13.0. The molecule has 0 unspecified atom stereocenters. The second-order valence-electron chi connectivity index (χ2n) is 9.02. The van der Waals surface area contributed by atoms with E-state index in [4.69, 9.17) is 25.8 Å². The van der Waals surface area contributed by atoms with Crippen molar-refractivity contribution >= 4 is 29.3 Å². The minimum absolute atomic E-state index is 0.0126. The zero-order chi connectivity index (χ0) is 25.3. The molecule has 0 bridgehead atoms. The lowest BCUT2D eigenvalue weighted by atomic mass is 10.1. The van der Waals surface area contributed by atoms with Gasteiger partial charge in [-0.2, -0.15) is 0 Å². The molecule has 9 heteroatoms. The van der Waals surface area contributed by atoms with Crippen LogP contribution in [0.4, 0.5) is 10.5 Å². The minimum atomic E-state index is -0.582. The van der Waals surface area contributed by atoms with Gasteiger partial charge in [0.1, 0.15) is 11.4 Å². The highest BCUT2D eigenvalue weighted by molar-refractivity contribution is 6.31. The summed E-state index contributed by atoms with van der Waals surface area (Å²) in [6.45, 7) is 10.6. The van der Waals surface area contributed by atoms with Crippen LogP contribution >= 0.6 is 11.6 Å². The van der Waals surface area contributed by atoms with Crippen molar-refractivity contribution in [2.45, 2.75) is 52.7 Å². The van der Waals surface area contributed by atoms with Crippen molar-refractivity contribution in [3.63, 3.8) is 0 Å². The lowest BCUT2D eigenvalue weighted by Crippen LogP contribution is -2.39. The summed E-state index contributed by atoms with van der Waals surface area (Å²) in [7, 11) is 1.60. The number of ether oxygens (including phenoxy) is 3. The number of methoxy groups -OCH3 is 1. The van der Waals surface area contributed by atoms with Crippen LogP contribution in [0.15, 0.2) is 36.5 Å². The van der Waals surface area contributed by atoms with Crippen LogP contribution in [-0.4, -0.2) is 60.4 Å². The number of anilines is 1. The smallest absolute Gasteiger partial charge is 0.412 e. The summed E-state index contributed by atoms with van der Waals surface area (Å²) < 4.78 is 16.2. The molecular weight excluding hydrogens is 458 g/mol. The molecule has 2 rings (SSSR count). The zero-order valence-electron chi connectivity index (χ0n) is 20.7. The first-order chi connectivity index (χ1) is 16.0. The molecule has 2 aromatic rings. The number of carbonyl (C=O) groups is 2. The molecule has 1 aromatic carbocycles. The molecule has 0 fully saturated rings. The van der Waals surface area contributed by atoms with Gasteiger partial charge in [0.2, 0.25) is 0 Å². The van der Waals surface area contributed by atoms with Gasteiger partial charge in [-0.3, -0.25) is 15.1 Å². The van der Waals surface area contributed by atoms with Crippen molar-refractivity contribution in [1.29, 1.82) is 0 Å². The summed E-state index contributed by atoms with van der Waals surface area (Å²) in [5.41, 5.74) is 1.19. The van der Waals surface area contributed by atoms with Crippen molar-refractivity contribution < 1.29 is 23.8 Å². The van der Waals surface area contributed by atoms with Gasteiger partial charge in [0.15, 0.2) is 0 Å². The van der Waals surface area contributed by atoms with Gasteiger partial charge in [-0.1, -0.05) is 11.6 Å². The third-order valence-electron chi connectivity index (χ3n) is 4.63. The Morgan fingerprint density at radius 3 is 2.53 bits per heavy atom. The number of amides is 2. The van der Waals surface area contributed by atoms with Crippen LogP contribution in [0.5, 0.6) is 5.75 Å². The number of rotatable bonds is 10. The molecule has 0 aliphatic carbocycles. The summed E-state index contributed by atoms with van der Waals surface area (Å²) in [4.78, 5) is 31.0. The molecule has 2 amide bonds. The molecule has 1 aromatic heterocycles. The molecule has 186 valence electrons. The molecular formula is C25H34ClN3O5. The second kappa shape index (κ2) is 12.6. The molecule has 1 heterocycles. The van der Waals surface area contributed by atoms with Crippen LogP contribution in [-0.2, 0) is 15.9 Å². The second-order valence-corrected chi connectivity index (χ2v) is 9.46. The molecule has 0 spiro atoms. The Labute approximate surface area is 206 Å². The molecule has 0 aliphatic heterocycles. The first kappa shape index (κ1) is 27.4. The van der Waals surface area contributed by atoms with Gasteiger partial charge >= 0.3 is 6.09 Å². The van der Waals surface area contributed by atoms with Gasteiger partial charge in [0, 0.05) is 54.3 Å². The number of hydrogen-bond donors (Lipinski definition) is 1. The Morgan fingerprint density at radius 1 is 1.15 bits per heavy atom. The summed E-state index contributed by atoms with van der Waals surface area (Å²) in [5, 5.41) is 3.11. The van der Waals surface area contributed by atoms with Crippen molar-refractivity contribution in [2.24, 2.45) is 0 Å². The monoisotopic (exact) mass is 491 g/mol. The summed E-state index contributed by atoms with van der Waals surface area (Å²) >= 11 is 6.25. The van der Waals surface area contributed by atoms with Gasteiger partial charge in [-0.25, -0.2) is 4.79 Å². The van der Waals surface area contributed by atoms with Crippen molar-refractivity contribution in [3.05, 3.63) is 52.8 Å². The summed E-state index contributed by atoms with van der Waals surface area (Å²) in [6.07, 6.45) is 1.57. The molecule has 0 aliphatic rings. The first-order valence-corrected chi connectivity index (χ1v) is 11.5. The van der Waals surface area contributed by atoms with Gasteiger partial charge in [-0.15, -0.1) is 0 Å². The predicted octanol–water partition coefficient (Wildman–Crippen LogP) is 5.20. The van der Waals surface area contributed by atoms with E-state index in [-0.39, 0.29) is 11.9 Å². The lowest BCUT2D eigenvalue weighted by Gasteiger charge is -2.26. The topological polar surface area (TPSA) is 90.0 Å². The Hall–Kier alpha value is -2.84. The van der Waals surface area contributed by atoms with Crippen LogP contribution in [0.3, 0.4) is 0 Å². The highest BCUT2D eigenvalue weighted by atomic mass is 35.5. The number of nitrogens with zero attached hydrogens (tertiary/aromatic N) is 2. The Morgan fingerprint density at radius 2 is 1.88 bits per heavy atom.